The predicted octanol–water partition coefficient (Wildman–Crippen LogP) is 2.44. The molecule has 0 spiro atoms. The molecule has 0 saturated carbocycles. The van der Waals surface area contributed by atoms with Gasteiger partial charge in [0.2, 0.25) is 0 Å². The second-order valence-corrected chi connectivity index (χ2v) is 8.58. The summed E-state index contributed by atoms with van der Waals surface area (Å²) in [6.07, 6.45) is 1.23. The van der Waals surface area contributed by atoms with Gasteiger partial charge < -0.3 is 15.0 Å². The lowest BCUT2D eigenvalue weighted by molar-refractivity contribution is -0.0502. The maximum atomic E-state index is 6.15. The molecule has 0 amide bonds. The summed E-state index contributed by atoms with van der Waals surface area (Å²) in [5.74, 6) is 1.01. The van der Waals surface area contributed by atoms with E-state index in [1.165, 1.54) is 11.3 Å². The molecule has 1 N–H and O–H groups in total. The molecule has 0 aliphatic carbocycles. The number of rotatable bonds is 7. The van der Waals surface area contributed by atoms with Crippen molar-refractivity contribution in [1.29, 1.82) is 0 Å². The molecule has 168 valence electrons. The average molecular weight is 425 g/mol. The first-order valence-corrected chi connectivity index (χ1v) is 11.6. The third-order valence-electron chi connectivity index (χ3n) is 6.17. The molecule has 2 aliphatic rings. The van der Waals surface area contributed by atoms with Gasteiger partial charge in [-0.15, -0.1) is 0 Å². The molecule has 7 heteroatoms. The fraction of sp³-hybridized carbons (Fsp3) is 0.583. The minimum absolute atomic E-state index is 0.246. The summed E-state index contributed by atoms with van der Waals surface area (Å²) in [5, 5.41) is 8.04. The number of fused-ring (bicyclic) bond motifs is 1. The van der Waals surface area contributed by atoms with Crippen LogP contribution in [0.15, 0.2) is 41.4 Å². The van der Waals surface area contributed by atoms with Crippen molar-refractivity contribution in [2.45, 2.75) is 52.4 Å². The van der Waals surface area contributed by atoms with Gasteiger partial charge in [-0.1, -0.05) is 30.3 Å². The number of nitrogens with one attached hydrogen (secondary N) is 1. The molecule has 2 aromatic rings. The van der Waals surface area contributed by atoms with Crippen LogP contribution in [-0.4, -0.2) is 77.0 Å². The van der Waals surface area contributed by atoms with Crippen LogP contribution in [-0.2, 0) is 17.8 Å². The maximum absolute atomic E-state index is 6.15. The van der Waals surface area contributed by atoms with Crippen molar-refractivity contribution in [3.8, 4) is 0 Å². The summed E-state index contributed by atoms with van der Waals surface area (Å²) < 4.78 is 8.23. The Bertz CT molecular complexity index is 864. The molecule has 2 saturated heterocycles. The molecular weight excluding hydrogens is 388 g/mol. The Morgan fingerprint density at radius 3 is 2.81 bits per heavy atom. The highest BCUT2D eigenvalue weighted by molar-refractivity contribution is 5.80. The van der Waals surface area contributed by atoms with Gasteiger partial charge in [-0.2, -0.15) is 5.10 Å². The van der Waals surface area contributed by atoms with E-state index in [1.54, 1.807) is 0 Å². The lowest BCUT2D eigenvalue weighted by Crippen LogP contribution is -2.50. The Labute approximate surface area is 186 Å². The highest BCUT2D eigenvalue weighted by Gasteiger charge is 2.41. The van der Waals surface area contributed by atoms with Crippen molar-refractivity contribution in [2.75, 3.05) is 39.3 Å². The smallest absolute Gasteiger partial charge is 0.194 e. The van der Waals surface area contributed by atoms with Crippen molar-refractivity contribution in [3.63, 3.8) is 0 Å². The minimum atomic E-state index is 0.246. The number of morpholine rings is 1. The number of likely N-dealkylation sites (tertiary alicyclic amines) is 1. The van der Waals surface area contributed by atoms with E-state index in [1.807, 2.05) is 6.92 Å². The predicted molar refractivity (Wildman–Crippen MR) is 124 cm³/mol. The number of aliphatic imine (C=N–C) groups is 1. The van der Waals surface area contributed by atoms with Crippen molar-refractivity contribution in [3.05, 3.63) is 53.3 Å². The van der Waals surface area contributed by atoms with Gasteiger partial charge >= 0.3 is 0 Å². The first kappa shape index (κ1) is 21.8. The lowest BCUT2D eigenvalue weighted by Gasteiger charge is -2.36. The number of ether oxygens (including phenoxy) is 1. The van der Waals surface area contributed by atoms with Gasteiger partial charge in [-0.25, -0.2) is 0 Å². The SMILES string of the molecule is CCNC(=NCCCn1nc(C)cc1C)N1CC2OCCN(Cc3ccccc3)C2C1. The summed E-state index contributed by atoms with van der Waals surface area (Å²) in [6, 6.07) is 13.3. The van der Waals surface area contributed by atoms with E-state index in [4.69, 9.17) is 9.73 Å². The topological polar surface area (TPSA) is 57.9 Å². The molecule has 2 unspecified atom stereocenters. The molecule has 2 aliphatic heterocycles. The number of hydrogen-bond acceptors (Lipinski definition) is 4. The fourth-order valence-corrected chi connectivity index (χ4v) is 4.68. The van der Waals surface area contributed by atoms with E-state index in [0.29, 0.717) is 6.04 Å². The number of benzene rings is 1. The second-order valence-electron chi connectivity index (χ2n) is 8.58. The van der Waals surface area contributed by atoms with Gasteiger partial charge in [0.05, 0.1) is 24.4 Å². The van der Waals surface area contributed by atoms with Crippen molar-refractivity contribution in [2.24, 2.45) is 4.99 Å². The van der Waals surface area contributed by atoms with Crippen molar-refractivity contribution < 1.29 is 4.74 Å². The van der Waals surface area contributed by atoms with Gasteiger partial charge in [-0.3, -0.25) is 14.6 Å². The fourth-order valence-electron chi connectivity index (χ4n) is 4.68. The summed E-state index contributed by atoms with van der Waals surface area (Å²) >= 11 is 0. The van der Waals surface area contributed by atoms with E-state index in [-0.39, 0.29) is 6.10 Å². The molecule has 2 fully saturated rings. The zero-order valence-electron chi connectivity index (χ0n) is 19.1. The van der Waals surface area contributed by atoms with Crippen molar-refractivity contribution in [1.82, 2.24) is 24.9 Å². The van der Waals surface area contributed by atoms with Gasteiger partial charge in [0.1, 0.15) is 0 Å². The molecular formula is C24H36N6O. The Balaban J connectivity index is 1.36. The lowest BCUT2D eigenvalue weighted by atomic mass is 10.1. The van der Waals surface area contributed by atoms with Gasteiger partial charge in [0, 0.05) is 51.5 Å². The zero-order valence-corrected chi connectivity index (χ0v) is 19.1. The highest BCUT2D eigenvalue weighted by Crippen LogP contribution is 2.24. The highest BCUT2D eigenvalue weighted by atomic mass is 16.5. The van der Waals surface area contributed by atoms with E-state index in [2.05, 4.69) is 75.1 Å². The summed E-state index contributed by atoms with van der Waals surface area (Å²) in [6.45, 7) is 13.5. The average Bonchev–Trinajstić information content (AvgIpc) is 3.34. The van der Waals surface area contributed by atoms with Gasteiger partial charge in [0.15, 0.2) is 5.96 Å². The summed E-state index contributed by atoms with van der Waals surface area (Å²) in [4.78, 5) is 9.89. The third kappa shape index (κ3) is 5.46. The summed E-state index contributed by atoms with van der Waals surface area (Å²) in [7, 11) is 0. The number of guanidine groups is 1. The van der Waals surface area contributed by atoms with Crippen LogP contribution in [0.1, 0.15) is 30.3 Å². The normalized spacial score (nSPS) is 22.0. The second kappa shape index (κ2) is 10.3. The van der Waals surface area contributed by atoms with Crippen molar-refractivity contribution >= 4 is 5.96 Å². The van der Waals surface area contributed by atoms with E-state index in [0.717, 1.165) is 70.5 Å². The van der Waals surface area contributed by atoms with E-state index in [9.17, 15) is 0 Å². The van der Waals surface area contributed by atoms with Crippen LogP contribution in [0, 0.1) is 13.8 Å². The molecule has 3 heterocycles. The van der Waals surface area contributed by atoms with Crippen LogP contribution in [0.5, 0.6) is 0 Å². The first-order chi connectivity index (χ1) is 15.1. The molecule has 31 heavy (non-hydrogen) atoms. The third-order valence-corrected chi connectivity index (χ3v) is 6.17. The quantitative estimate of drug-likeness (QED) is 0.420. The molecule has 0 bridgehead atoms. The molecule has 4 rings (SSSR count). The molecule has 0 radical (unpaired) electrons. The Hall–Kier alpha value is -2.38. The van der Waals surface area contributed by atoms with Crippen LogP contribution in [0.3, 0.4) is 0 Å². The van der Waals surface area contributed by atoms with Crippen LogP contribution < -0.4 is 5.32 Å². The van der Waals surface area contributed by atoms with Gasteiger partial charge in [-0.05, 0) is 38.8 Å². The standard InChI is InChI=1S/C24H36N6O/c1-4-25-24(26-11-8-12-30-20(3)15-19(2)27-30)29-17-22-23(18-29)31-14-13-28(22)16-21-9-6-5-7-10-21/h5-7,9-10,15,22-23H,4,8,11-14,16-18H2,1-3H3,(H,25,26). The minimum Gasteiger partial charge on any atom is -0.373 e. The Morgan fingerprint density at radius 2 is 2.06 bits per heavy atom. The Morgan fingerprint density at radius 1 is 1.23 bits per heavy atom. The van der Waals surface area contributed by atoms with Crippen LogP contribution in [0.4, 0.5) is 0 Å². The van der Waals surface area contributed by atoms with Gasteiger partial charge in [0.25, 0.3) is 0 Å². The number of aromatic nitrogens is 2. The van der Waals surface area contributed by atoms with E-state index >= 15 is 0 Å². The Kier molecular flexibility index (Phi) is 7.25. The number of hydrogen-bond donors (Lipinski definition) is 1. The largest absolute Gasteiger partial charge is 0.373 e. The number of nitrogens with zero attached hydrogens (tertiary/aromatic N) is 5. The van der Waals surface area contributed by atoms with Crippen LogP contribution >= 0.6 is 0 Å². The molecule has 1 aromatic carbocycles. The van der Waals surface area contributed by atoms with Crippen LogP contribution in [0.2, 0.25) is 0 Å². The zero-order chi connectivity index (χ0) is 21.6. The molecule has 1 aromatic heterocycles. The number of aryl methyl sites for hydroxylation is 3. The molecule has 2 atom stereocenters. The summed E-state index contributed by atoms with van der Waals surface area (Å²) in [5.41, 5.74) is 3.66. The molecule has 7 nitrogen and oxygen atoms in total. The first-order valence-electron chi connectivity index (χ1n) is 11.6. The maximum Gasteiger partial charge on any atom is 0.194 e. The van der Waals surface area contributed by atoms with E-state index < -0.39 is 0 Å². The van der Waals surface area contributed by atoms with Crippen LogP contribution in [0.25, 0.3) is 0 Å². The monoisotopic (exact) mass is 424 g/mol.